The quantitative estimate of drug-likeness (QED) is 0.844. The summed E-state index contributed by atoms with van der Waals surface area (Å²) in [6.07, 6.45) is 0.652. The second-order valence-corrected chi connectivity index (χ2v) is 5.54. The SMILES string of the molecule is COC(=O)CN(C(=O)[C@H]1Cc2ccccc2CN1)C(C)C. The zero-order valence-electron chi connectivity index (χ0n) is 12.8. The second kappa shape index (κ2) is 6.72. The molecule has 0 aromatic heterocycles. The highest BCUT2D eigenvalue weighted by Gasteiger charge is 2.30. The monoisotopic (exact) mass is 290 g/mol. The zero-order chi connectivity index (χ0) is 15.4. The van der Waals surface area contributed by atoms with Crippen LogP contribution in [0.1, 0.15) is 25.0 Å². The van der Waals surface area contributed by atoms with Crippen molar-refractivity contribution in [1.29, 1.82) is 0 Å². The maximum absolute atomic E-state index is 12.7. The van der Waals surface area contributed by atoms with E-state index in [0.717, 1.165) is 0 Å². The van der Waals surface area contributed by atoms with Crippen molar-refractivity contribution in [3.8, 4) is 0 Å². The summed E-state index contributed by atoms with van der Waals surface area (Å²) in [7, 11) is 1.33. The number of ether oxygens (including phenoxy) is 1. The van der Waals surface area contributed by atoms with Crippen LogP contribution in [0.25, 0.3) is 0 Å². The maximum Gasteiger partial charge on any atom is 0.325 e. The molecule has 0 saturated carbocycles. The lowest BCUT2D eigenvalue weighted by atomic mass is 9.95. The van der Waals surface area contributed by atoms with E-state index in [1.54, 1.807) is 4.90 Å². The van der Waals surface area contributed by atoms with Crippen LogP contribution in [0.4, 0.5) is 0 Å². The Labute approximate surface area is 125 Å². The highest BCUT2D eigenvalue weighted by Crippen LogP contribution is 2.18. The number of hydrogen-bond donors (Lipinski definition) is 1. The second-order valence-electron chi connectivity index (χ2n) is 5.54. The summed E-state index contributed by atoms with van der Waals surface area (Å²) >= 11 is 0. The minimum absolute atomic E-state index is 0.00712. The lowest BCUT2D eigenvalue weighted by Crippen LogP contribution is -2.52. The van der Waals surface area contributed by atoms with Gasteiger partial charge in [0, 0.05) is 12.6 Å². The minimum atomic E-state index is -0.395. The van der Waals surface area contributed by atoms with Crippen molar-refractivity contribution in [2.24, 2.45) is 0 Å². The van der Waals surface area contributed by atoms with Gasteiger partial charge in [-0.2, -0.15) is 0 Å². The molecule has 0 spiro atoms. The number of carbonyl (C=O) groups is 2. The van der Waals surface area contributed by atoms with Gasteiger partial charge in [-0.05, 0) is 31.4 Å². The van der Waals surface area contributed by atoms with Crippen molar-refractivity contribution in [2.45, 2.75) is 38.9 Å². The van der Waals surface area contributed by atoms with E-state index >= 15 is 0 Å². The van der Waals surface area contributed by atoms with Crippen molar-refractivity contribution in [2.75, 3.05) is 13.7 Å². The average Bonchev–Trinajstić information content (AvgIpc) is 2.50. The smallest absolute Gasteiger partial charge is 0.325 e. The number of fused-ring (bicyclic) bond motifs is 1. The highest BCUT2D eigenvalue weighted by molar-refractivity contribution is 5.86. The lowest BCUT2D eigenvalue weighted by molar-refractivity contribution is -0.149. The van der Waals surface area contributed by atoms with Gasteiger partial charge in [0.1, 0.15) is 6.54 Å². The molecule has 0 bridgehead atoms. The van der Waals surface area contributed by atoms with Gasteiger partial charge in [-0.1, -0.05) is 24.3 Å². The van der Waals surface area contributed by atoms with E-state index in [0.29, 0.717) is 13.0 Å². The fraction of sp³-hybridized carbons (Fsp3) is 0.500. The Hall–Kier alpha value is -1.88. The van der Waals surface area contributed by atoms with Crippen molar-refractivity contribution >= 4 is 11.9 Å². The number of esters is 1. The fourth-order valence-corrected chi connectivity index (χ4v) is 2.55. The zero-order valence-corrected chi connectivity index (χ0v) is 12.8. The van der Waals surface area contributed by atoms with Gasteiger partial charge >= 0.3 is 5.97 Å². The number of nitrogens with one attached hydrogen (secondary N) is 1. The molecule has 0 fully saturated rings. The number of methoxy groups -OCH3 is 1. The van der Waals surface area contributed by atoms with Gasteiger partial charge < -0.3 is 15.0 Å². The molecule has 5 nitrogen and oxygen atoms in total. The first-order valence-electron chi connectivity index (χ1n) is 7.20. The predicted molar refractivity (Wildman–Crippen MR) is 79.6 cm³/mol. The number of nitrogens with zero attached hydrogens (tertiary/aromatic N) is 1. The number of benzene rings is 1. The number of hydrogen-bond acceptors (Lipinski definition) is 4. The molecule has 1 aromatic carbocycles. The van der Waals surface area contributed by atoms with Crippen LogP contribution in [0.2, 0.25) is 0 Å². The molecule has 1 amide bonds. The number of carbonyl (C=O) groups excluding carboxylic acids is 2. The summed E-state index contributed by atoms with van der Waals surface area (Å²) in [4.78, 5) is 25.7. The van der Waals surface area contributed by atoms with E-state index in [2.05, 4.69) is 22.2 Å². The van der Waals surface area contributed by atoms with E-state index in [-0.39, 0.29) is 24.5 Å². The van der Waals surface area contributed by atoms with Crippen LogP contribution < -0.4 is 5.32 Å². The Morgan fingerprint density at radius 3 is 2.62 bits per heavy atom. The first-order chi connectivity index (χ1) is 10.0. The topological polar surface area (TPSA) is 58.6 Å². The van der Waals surface area contributed by atoms with Gasteiger partial charge in [0.25, 0.3) is 0 Å². The molecule has 1 heterocycles. The third-order valence-corrected chi connectivity index (χ3v) is 3.81. The maximum atomic E-state index is 12.7. The summed E-state index contributed by atoms with van der Waals surface area (Å²) < 4.78 is 4.67. The van der Waals surface area contributed by atoms with Crippen molar-refractivity contribution in [3.63, 3.8) is 0 Å². The largest absolute Gasteiger partial charge is 0.468 e. The molecule has 1 aromatic rings. The molecule has 0 aliphatic carbocycles. The van der Waals surface area contributed by atoms with Gasteiger partial charge in [0.15, 0.2) is 0 Å². The predicted octanol–water partition coefficient (Wildman–Crippen LogP) is 1.11. The molecule has 114 valence electrons. The molecule has 1 N–H and O–H groups in total. The molecule has 5 heteroatoms. The van der Waals surface area contributed by atoms with Crippen LogP contribution in [-0.2, 0) is 27.3 Å². The Bertz CT molecular complexity index is 528. The Kier molecular flexibility index (Phi) is 4.96. The van der Waals surface area contributed by atoms with Crippen LogP contribution in [0.3, 0.4) is 0 Å². The van der Waals surface area contributed by atoms with Crippen LogP contribution in [-0.4, -0.2) is 42.5 Å². The fourth-order valence-electron chi connectivity index (χ4n) is 2.55. The summed E-state index contributed by atoms with van der Waals surface area (Å²) in [6.45, 7) is 4.47. The molecule has 0 radical (unpaired) electrons. The van der Waals surface area contributed by atoms with E-state index in [9.17, 15) is 9.59 Å². The van der Waals surface area contributed by atoms with Crippen LogP contribution in [0, 0.1) is 0 Å². The van der Waals surface area contributed by atoms with Gasteiger partial charge in [-0.15, -0.1) is 0 Å². The number of amides is 1. The first kappa shape index (κ1) is 15.5. The standard InChI is InChI=1S/C16H22N2O3/c1-11(2)18(10-15(19)21-3)16(20)14-8-12-6-4-5-7-13(12)9-17-14/h4-7,11,14,17H,8-10H2,1-3H3/t14-/m1/s1. The summed E-state index contributed by atoms with van der Waals surface area (Å²) in [5, 5.41) is 3.26. The lowest BCUT2D eigenvalue weighted by Gasteiger charge is -2.32. The minimum Gasteiger partial charge on any atom is -0.468 e. The highest BCUT2D eigenvalue weighted by atomic mass is 16.5. The van der Waals surface area contributed by atoms with Crippen molar-refractivity contribution in [1.82, 2.24) is 10.2 Å². The summed E-state index contributed by atoms with van der Waals surface area (Å²) in [6, 6.07) is 7.78. The van der Waals surface area contributed by atoms with Gasteiger partial charge in [-0.3, -0.25) is 9.59 Å². The first-order valence-corrected chi connectivity index (χ1v) is 7.20. The molecular formula is C16H22N2O3. The van der Waals surface area contributed by atoms with Gasteiger partial charge in [-0.25, -0.2) is 0 Å². The molecular weight excluding hydrogens is 268 g/mol. The van der Waals surface area contributed by atoms with Gasteiger partial charge in [0.05, 0.1) is 13.2 Å². The molecule has 1 atom stereocenters. The van der Waals surface area contributed by atoms with E-state index in [1.165, 1.54) is 18.2 Å². The molecule has 0 saturated heterocycles. The normalized spacial score (nSPS) is 17.2. The Balaban J connectivity index is 2.10. The Morgan fingerprint density at radius 1 is 1.33 bits per heavy atom. The molecule has 1 aliphatic heterocycles. The summed E-state index contributed by atoms with van der Waals surface area (Å²) in [5.74, 6) is -0.446. The van der Waals surface area contributed by atoms with E-state index < -0.39 is 5.97 Å². The summed E-state index contributed by atoms with van der Waals surface area (Å²) in [5.41, 5.74) is 2.42. The number of rotatable bonds is 4. The molecule has 1 aliphatic rings. The van der Waals surface area contributed by atoms with Crippen molar-refractivity contribution < 1.29 is 14.3 Å². The third-order valence-electron chi connectivity index (χ3n) is 3.81. The van der Waals surface area contributed by atoms with Crippen LogP contribution in [0.15, 0.2) is 24.3 Å². The average molecular weight is 290 g/mol. The third kappa shape index (κ3) is 3.61. The van der Waals surface area contributed by atoms with E-state index in [1.807, 2.05) is 26.0 Å². The van der Waals surface area contributed by atoms with E-state index in [4.69, 9.17) is 0 Å². The Morgan fingerprint density at radius 2 is 2.00 bits per heavy atom. The van der Waals surface area contributed by atoms with Crippen LogP contribution in [0.5, 0.6) is 0 Å². The van der Waals surface area contributed by atoms with Crippen LogP contribution >= 0.6 is 0 Å². The molecule has 21 heavy (non-hydrogen) atoms. The molecule has 0 unspecified atom stereocenters. The molecule has 2 rings (SSSR count). The van der Waals surface area contributed by atoms with Gasteiger partial charge in [0.2, 0.25) is 5.91 Å². The van der Waals surface area contributed by atoms with Crippen molar-refractivity contribution in [3.05, 3.63) is 35.4 Å².